The first-order valence-electron chi connectivity index (χ1n) is 5.22. The van der Waals surface area contributed by atoms with Crippen LogP contribution >= 0.6 is 0 Å². The molecular formula is C10H16N4O. The summed E-state index contributed by atoms with van der Waals surface area (Å²) in [4.78, 5) is 10.7. The fraction of sp³-hybridized carbons (Fsp3) is 0.600. The Hall–Kier alpha value is -1.20. The summed E-state index contributed by atoms with van der Waals surface area (Å²) >= 11 is 0. The molecule has 15 heavy (non-hydrogen) atoms. The van der Waals surface area contributed by atoms with Crippen molar-refractivity contribution in [3.05, 3.63) is 18.1 Å². The first kappa shape index (κ1) is 10.3. The van der Waals surface area contributed by atoms with Crippen molar-refractivity contribution < 1.29 is 4.74 Å². The van der Waals surface area contributed by atoms with Gasteiger partial charge in [-0.2, -0.15) is 0 Å². The molecule has 1 fully saturated rings. The Balaban J connectivity index is 1.81. The lowest BCUT2D eigenvalue weighted by Gasteiger charge is -2.26. The van der Waals surface area contributed by atoms with Crippen LogP contribution in [-0.2, 0) is 11.2 Å². The van der Waals surface area contributed by atoms with Crippen molar-refractivity contribution in [1.29, 1.82) is 0 Å². The molecule has 2 rings (SSSR count). The van der Waals surface area contributed by atoms with Crippen molar-refractivity contribution in [3.63, 3.8) is 0 Å². The molecule has 0 unspecified atom stereocenters. The second kappa shape index (κ2) is 5.04. The van der Waals surface area contributed by atoms with Gasteiger partial charge in [0, 0.05) is 32.3 Å². The van der Waals surface area contributed by atoms with Gasteiger partial charge in [-0.15, -0.1) is 0 Å². The van der Waals surface area contributed by atoms with E-state index < -0.39 is 0 Å². The number of nitrogen functional groups attached to an aromatic ring is 1. The minimum absolute atomic E-state index is 0.543. The molecular weight excluding hydrogens is 192 g/mol. The minimum Gasteiger partial charge on any atom is -0.384 e. The second-order valence-corrected chi connectivity index (χ2v) is 3.60. The number of rotatable bonds is 3. The second-order valence-electron chi connectivity index (χ2n) is 3.60. The summed E-state index contributed by atoms with van der Waals surface area (Å²) in [5.41, 5.74) is 5.58. The Bertz CT molecular complexity index is 312. The number of aromatic nitrogens is 2. The summed E-state index contributed by atoms with van der Waals surface area (Å²) in [5, 5.41) is 0. The summed E-state index contributed by atoms with van der Waals surface area (Å²) < 4.78 is 5.28. The lowest BCUT2D eigenvalue weighted by atomic mass is 10.3. The van der Waals surface area contributed by atoms with Crippen molar-refractivity contribution in [1.82, 2.24) is 14.9 Å². The van der Waals surface area contributed by atoms with Gasteiger partial charge in [-0.05, 0) is 6.07 Å². The van der Waals surface area contributed by atoms with Gasteiger partial charge in [0.1, 0.15) is 11.6 Å². The summed E-state index contributed by atoms with van der Waals surface area (Å²) in [6.07, 6.45) is 2.56. The highest BCUT2D eigenvalue weighted by atomic mass is 16.5. The third kappa shape index (κ3) is 3.14. The first-order valence-corrected chi connectivity index (χ1v) is 5.22. The highest BCUT2D eigenvalue weighted by molar-refractivity contribution is 5.25. The smallest absolute Gasteiger partial charge is 0.131 e. The SMILES string of the molecule is Nc1ccnc(CCN2CCOCC2)n1. The standard InChI is InChI=1S/C10H16N4O/c11-9-1-3-12-10(13-9)2-4-14-5-7-15-8-6-14/h1,3H,2,4-8H2,(H2,11,12,13). The molecule has 0 radical (unpaired) electrons. The van der Waals surface area contributed by atoms with E-state index in [2.05, 4.69) is 14.9 Å². The molecule has 82 valence electrons. The lowest BCUT2D eigenvalue weighted by molar-refractivity contribution is 0.0382. The van der Waals surface area contributed by atoms with Gasteiger partial charge in [-0.1, -0.05) is 0 Å². The number of hydrogen-bond donors (Lipinski definition) is 1. The maximum atomic E-state index is 5.58. The first-order chi connectivity index (χ1) is 7.34. The van der Waals surface area contributed by atoms with Crippen molar-refractivity contribution in [2.24, 2.45) is 0 Å². The van der Waals surface area contributed by atoms with E-state index in [1.807, 2.05) is 0 Å². The summed E-state index contributed by atoms with van der Waals surface area (Å²) in [6.45, 7) is 4.65. The van der Waals surface area contributed by atoms with Gasteiger partial charge in [0.2, 0.25) is 0 Å². The normalized spacial score (nSPS) is 17.9. The van der Waals surface area contributed by atoms with Crippen LogP contribution < -0.4 is 5.73 Å². The van der Waals surface area contributed by atoms with E-state index in [0.29, 0.717) is 5.82 Å². The topological polar surface area (TPSA) is 64.3 Å². The molecule has 0 aromatic carbocycles. The number of nitrogens with zero attached hydrogens (tertiary/aromatic N) is 3. The van der Waals surface area contributed by atoms with Gasteiger partial charge in [0.25, 0.3) is 0 Å². The average Bonchev–Trinajstić information content (AvgIpc) is 2.28. The Morgan fingerprint density at radius 3 is 2.93 bits per heavy atom. The summed E-state index contributed by atoms with van der Waals surface area (Å²) in [6, 6.07) is 1.71. The third-order valence-electron chi connectivity index (χ3n) is 2.48. The molecule has 5 heteroatoms. The number of anilines is 1. The fourth-order valence-corrected chi connectivity index (χ4v) is 1.62. The van der Waals surface area contributed by atoms with Gasteiger partial charge < -0.3 is 10.5 Å². The minimum atomic E-state index is 0.543. The van der Waals surface area contributed by atoms with Crippen molar-refractivity contribution in [2.45, 2.75) is 6.42 Å². The van der Waals surface area contributed by atoms with E-state index in [-0.39, 0.29) is 0 Å². The predicted octanol–water partition coefficient (Wildman–Crippen LogP) is -0.0665. The highest BCUT2D eigenvalue weighted by Gasteiger charge is 2.10. The lowest BCUT2D eigenvalue weighted by Crippen LogP contribution is -2.37. The Kier molecular flexibility index (Phi) is 3.47. The van der Waals surface area contributed by atoms with Crippen LogP contribution in [0.25, 0.3) is 0 Å². The zero-order chi connectivity index (χ0) is 10.5. The Labute approximate surface area is 89.3 Å². The predicted molar refractivity (Wildman–Crippen MR) is 57.4 cm³/mol. The van der Waals surface area contributed by atoms with Gasteiger partial charge >= 0.3 is 0 Å². The number of morpholine rings is 1. The summed E-state index contributed by atoms with van der Waals surface area (Å²) in [7, 11) is 0. The van der Waals surface area contributed by atoms with E-state index in [1.54, 1.807) is 12.3 Å². The van der Waals surface area contributed by atoms with Crippen LogP contribution in [0.3, 0.4) is 0 Å². The third-order valence-corrected chi connectivity index (χ3v) is 2.48. The number of nitrogens with two attached hydrogens (primary N) is 1. The average molecular weight is 208 g/mol. The molecule has 0 spiro atoms. The van der Waals surface area contributed by atoms with Gasteiger partial charge in [-0.25, -0.2) is 9.97 Å². The number of hydrogen-bond acceptors (Lipinski definition) is 5. The van der Waals surface area contributed by atoms with Crippen LogP contribution in [0.1, 0.15) is 5.82 Å². The fourth-order valence-electron chi connectivity index (χ4n) is 1.62. The van der Waals surface area contributed by atoms with Crippen LogP contribution in [0.15, 0.2) is 12.3 Å². The summed E-state index contributed by atoms with van der Waals surface area (Å²) in [5.74, 6) is 1.36. The molecule has 1 aromatic rings. The Morgan fingerprint density at radius 2 is 2.20 bits per heavy atom. The highest BCUT2D eigenvalue weighted by Crippen LogP contribution is 2.01. The number of ether oxygens (including phenoxy) is 1. The molecule has 0 aliphatic carbocycles. The quantitative estimate of drug-likeness (QED) is 0.753. The van der Waals surface area contributed by atoms with Crippen LogP contribution in [0.2, 0.25) is 0 Å². The van der Waals surface area contributed by atoms with Crippen molar-refractivity contribution >= 4 is 5.82 Å². The van der Waals surface area contributed by atoms with Gasteiger partial charge in [0.15, 0.2) is 0 Å². The van der Waals surface area contributed by atoms with Gasteiger partial charge in [-0.3, -0.25) is 4.90 Å². The van der Waals surface area contributed by atoms with E-state index in [4.69, 9.17) is 10.5 Å². The maximum absolute atomic E-state index is 5.58. The maximum Gasteiger partial charge on any atom is 0.131 e. The van der Waals surface area contributed by atoms with Gasteiger partial charge in [0.05, 0.1) is 13.2 Å². The molecule has 5 nitrogen and oxygen atoms in total. The molecule has 0 atom stereocenters. The molecule has 2 heterocycles. The molecule has 1 aliphatic heterocycles. The molecule has 1 aromatic heterocycles. The zero-order valence-corrected chi connectivity index (χ0v) is 8.72. The van der Waals surface area contributed by atoms with Crippen LogP contribution in [0.4, 0.5) is 5.82 Å². The molecule has 1 aliphatic rings. The molecule has 0 bridgehead atoms. The molecule has 2 N–H and O–H groups in total. The Morgan fingerprint density at radius 1 is 1.40 bits per heavy atom. The molecule has 1 saturated heterocycles. The largest absolute Gasteiger partial charge is 0.384 e. The molecule has 0 saturated carbocycles. The van der Waals surface area contributed by atoms with E-state index >= 15 is 0 Å². The van der Waals surface area contributed by atoms with E-state index in [1.165, 1.54) is 0 Å². The van der Waals surface area contributed by atoms with Crippen LogP contribution in [-0.4, -0.2) is 47.7 Å². The zero-order valence-electron chi connectivity index (χ0n) is 8.72. The van der Waals surface area contributed by atoms with Crippen LogP contribution in [0.5, 0.6) is 0 Å². The van der Waals surface area contributed by atoms with Crippen molar-refractivity contribution in [3.8, 4) is 0 Å². The van der Waals surface area contributed by atoms with Crippen molar-refractivity contribution in [2.75, 3.05) is 38.6 Å². The monoisotopic (exact) mass is 208 g/mol. The molecule has 0 amide bonds. The van der Waals surface area contributed by atoms with Crippen LogP contribution in [0, 0.1) is 0 Å². The van der Waals surface area contributed by atoms with E-state index in [0.717, 1.165) is 45.1 Å². The van der Waals surface area contributed by atoms with E-state index in [9.17, 15) is 0 Å².